The number of carbonyl (C=O) groups is 1. The molecule has 1 aromatic carbocycles. The van der Waals surface area contributed by atoms with Gasteiger partial charge in [0.05, 0.1) is 6.54 Å². The SMILES string of the molecule is Cc1ccc(C(=O)N2CCCC(Oc3cccnn3)C2)cc1. The minimum absolute atomic E-state index is 0.0279. The molecule has 1 amide bonds. The summed E-state index contributed by atoms with van der Waals surface area (Å²) in [6.45, 7) is 3.37. The predicted octanol–water partition coefficient (Wildman–Crippen LogP) is 2.47. The van der Waals surface area contributed by atoms with Crippen molar-refractivity contribution in [3.05, 3.63) is 53.7 Å². The van der Waals surface area contributed by atoms with Gasteiger partial charge in [-0.3, -0.25) is 4.79 Å². The van der Waals surface area contributed by atoms with Gasteiger partial charge in [-0.25, -0.2) is 0 Å². The number of aryl methyl sites for hydroxylation is 1. The molecule has 1 unspecified atom stereocenters. The van der Waals surface area contributed by atoms with Crippen molar-refractivity contribution in [3.63, 3.8) is 0 Å². The molecule has 0 bridgehead atoms. The number of benzene rings is 1. The van der Waals surface area contributed by atoms with Gasteiger partial charge in [0.2, 0.25) is 5.88 Å². The van der Waals surface area contributed by atoms with Crippen LogP contribution < -0.4 is 4.74 Å². The highest BCUT2D eigenvalue weighted by Crippen LogP contribution is 2.18. The van der Waals surface area contributed by atoms with Crippen LogP contribution in [0.3, 0.4) is 0 Å². The summed E-state index contributed by atoms with van der Waals surface area (Å²) in [7, 11) is 0. The number of ether oxygens (including phenoxy) is 1. The Labute approximate surface area is 129 Å². The molecule has 2 aromatic rings. The number of hydrogen-bond acceptors (Lipinski definition) is 4. The number of carbonyl (C=O) groups excluding carboxylic acids is 1. The van der Waals surface area contributed by atoms with Crippen LogP contribution in [0.4, 0.5) is 0 Å². The number of piperidine rings is 1. The largest absolute Gasteiger partial charge is 0.471 e. The van der Waals surface area contributed by atoms with Crippen molar-refractivity contribution in [2.45, 2.75) is 25.9 Å². The van der Waals surface area contributed by atoms with Gasteiger partial charge in [-0.1, -0.05) is 17.7 Å². The van der Waals surface area contributed by atoms with Gasteiger partial charge < -0.3 is 9.64 Å². The normalized spacial score (nSPS) is 18.0. The standard InChI is InChI=1S/C17H19N3O2/c1-13-6-8-14(9-7-13)17(21)20-11-3-4-15(12-20)22-16-5-2-10-18-19-16/h2,5-10,15H,3-4,11-12H2,1H3. The summed E-state index contributed by atoms with van der Waals surface area (Å²) in [4.78, 5) is 14.4. The van der Waals surface area contributed by atoms with Crippen LogP contribution in [0.15, 0.2) is 42.6 Å². The summed E-state index contributed by atoms with van der Waals surface area (Å²) >= 11 is 0. The van der Waals surface area contributed by atoms with Crippen LogP contribution in [0.2, 0.25) is 0 Å². The molecule has 1 fully saturated rings. The van der Waals surface area contributed by atoms with Crippen LogP contribution in [0.5, 0.6) is 5.88 Å². The van der Waals surface area contributed by atoms with Crippen LogP contribution >= 0.6 is 0 Å². The van der Waals surface area contributed by atoms with Crippen LogP contribution in [0.1, 0.15) is 28.8 Å². The lowest BCUT2D eigenvalue weighted by molar-refractivity contribution is 0.0525. The van der Waals surface area contributed by atoms with Crippen molar-refractivity contribution in [2.75, 3.05) is 13.1 Å². The Morgan fingerprint density at radius 1 is 1.27 bits per heavy atom. The zero-order valence-corrected chi connectivity index (χ0v) is 12.6. The predicted molar refractivity (Wildman–Crippen MR) is 82.8 cm³/mol. The van der Waals surface area contributed by atoms with Gasteiger partial charge in [-0.15, -0.1) is 5.10 Å². The summed E-state index contributed by atoms with van der Waals surface area (Å²) < 4.78 is 5.82. The molecule has 1 saturated heterocycles. The highest BCUT2D eigenvalue weighted by atomic mass is 16.5. The zero-order chi connectivity index (χ0) is 15.4. The van der Waals surface area contributed by atoms with Gasteiger partial charge >= 0.3 is 0 Å². The summed E-state index contributed by atoms with van der Waals surface area (Å²) in [5.41, 5.74) is 1.88. The van der Waals surface area contributed by atoms with Gasteiger partial charge in [0, 0.05) is 24.4 Å². The van der Waals surface area contributed by atoms with E-state index in [0.717, 1.165) is 30.5 Å². The number of amides is 1. The minimum atomic E-state index is -0.0279. The van der Waals surface area contributed by atoms with E-state index < -0.39 is 0 Å². The highest BCUT2D eigenvalue weighted by molar-refractivity contribution is 5.94. The molecule has 22 heavy (non-hydrogen) atoms. The minimum Gasteiger partial charge on any atom is -0.471 e. The van der Waals surface area contributed by atoms with E-state index in [-0.39, 0.29) is 12.0 Å². The molecule has 0 N–H and O–H groups in total. The topological polar surface area (TPSA) is 55.3 Å². The van der Waals surface area contributed by atoms with Gasteiger partial charge in [-0.2, -0.15) is 5.10 Å². The molecule has 0 spiro atoms. The first-order valence-electron chi connectivity index (χ1n) is 7.53. The number of nitrogens with zero attached hydrogens (tertiary/aromatic N) is 3. The maximum Gasteiger partial charge on any atom is 0.253 e. The Morgan fingerprint density at radius 3 is 2.82 bits per heavy atom. The second-order valence-electron chi connectivity index (χ2n) is 5.56. The van der Waals surface area contributed by atoms with E-state index in [2.05, 4.69) is 10.2 Å². The van der Waals surface area contributed by atoms with E-state index in [9.17, 15) is 4.79 Å². The third kappa shape index (κ3) is 3.42. The van der Waals surface area contributed by atoms with Gasteiger partial charge in [0.1, 0.15) is 6.10 Å². The zero-order valence-electron chi connectivity index (χ0n) is 12.6. The first kappa shape index (κ1) is 14.5. The fraction of sp³-hybridized carbons (Fsp3) is 0.353. The van der Waals surface area contributed by atoms with Gasteiger partial charge in [0.25, 0.3) is 5.91 Å². The molecule has 1 aromatic heterocycles. The Kier molecular flexibility index (Phi) is 4.32. The molecule has 1 aliphatic heterocycles. The van der Waals surface area contributed by atoms with Gasteiger partial charge in [0.15, 0.2) is 0 Å². The molecular formula is C17H19N3O2. The van der Waals surface area contributed by atoms with Crippen molar-refractivity contribution in [3.8, 4) is 5.88 Å². The Balaban J connectivity index is 1.65. The molecule has 0 radical (unpaired) electrons. The second kappa shape index (κ2) is 6.56. The lowest BCUT2D eigenvalue weighted by Gasteiger charge is -2.32. The van der Waals surface area contributed by atoms with E-state index in [4.69, 9.17) is 4.74 Å². The Hall–Kier alpha value is -2.43. The lowest BCUT2D eigenvalue weighted by Crippen LogP contribution is -2.44. The molecule has 1 atom stereocenters. The molecule has 5 heteroatoms. The fourth-order valence-electron chi connectivity index (χ4n) is 2.62. The van der Waals surface area contributed by atoms with E-state index in [1.165, 1.54) is 0 Å². The van der Waals surface area contributed by atoms with Crippen molar-refractivity contribution >= 4 is 5.91 Å². The number of aromatic nitrogens is 2. The van der Waals surface area contributed by atoms with E-state index >= 15 is 0 Å². The smallest absolute Gasteiger partial charge is 0.253 e. The quantitative estimate of drug-likeness (QED) is 0.873. The molecular weight excluding hydrogens is 278 g/mol. The lowest BCUT2D eigenvalue weighted by atomic mass is 10.1. The fourth-order valence-corrected chi connectivity index (χ4v) is 2.62. The molecule has 1 aliphatic rings. The van der Waals surface area contributed by atoms with Crippen LogP contribution in [-0.4, -0.2) is 40.2 Å². The van der Waals surface area contributed by atoms with E-state index in [1.54, 1.807) is 18.3 Å². The Bertz CT molecular complexity index is 628. The maximum atomic E-state index is 12.6. The third-order valence-corrected chi connectivity index (χ3v) is 3.80. The molecule has 0 aliphatic carbocycles. The average Bonchev–Trinajstić information content (AvgIpc) is 2.56. The summed E-state index contributed by atoms with van der Waals surface area (Å²) in [5, 5.41) is 7.74. The second-order valence-corrected chi connectivity index (χ2v) is 5.56. The van der Waals surface area contributed by atoms with Crippen molar-refractivity contribution in [2.24, 2.45) is 0 Å². The Morgan fingerprint density at radius 2 is 2.09 bits per heavy atom. The summed E-state index contributed by atoms with van der Waals surface area (Å²) in [6, 6.07) is 11.3. The van der Waals surface area contributed by atoms with E-state index in [1.807, 2.05) is 36.1 Å². The molecule has 2 heterocycles. The molecule has 5 nitrogen and oxygen atoms in total. The van der Waals surface area contributed by atoms with Crippen molar-refractivity contribution in [1.29, 1.82) is 0 Å². The van der Waals surface area contributed by atoms with Crippen molar-refractivity contribution < 1.29 is 9.53 Å². The van der Waals surface area contributed by atoms with Gasteiger partial charge in [-0.05, 0) is 38.0 Å². The average molecular weight is 297 g/mol. The summed E-state index contributed by atoms with van der Waals surface area (Å²) in [5.74, 6) is 0.574. The van der Waals surface area contributed by atoms with Crippen LogP contribution in [-0.2, 0) is 0 Å². The monoisotopic (exact) mass is 297 g/mol. The third-order valence-electron chi connectivity index (χ3n) is 3.80. The maximum absolute atomic E-state index is 12.6. The molecule has 3 rings (SSSR count). The van der Waals surface area contributed by atoms with Crippen LogP contribution in [0, 0.1) is 6.92 Å². The van der Waals surface area contributed by atoms with Crippen molar-refractivity contribution in [1.82, 2.24) is 15.1 Å². The first-order valence-corrected chi connectivity index (χ1v) is 7.53. The first-order chi connectivity index (χ1) is 10.7. The summed E-state index contributed by atoms with van der Waals surface area (Å²) in [6.07, 6.45) is 3.44. The number of hydrogen-bond donors (Lipinski definition) is 0. The van der Waals surface area contributed by atoms with Crippen LogP contribution in [0.25, 0.3) is 0 Å². The highest BCUT2D eigenvalue weighted by Gasteiger charge is 2.25. The number of likely N-dealkylation sites (tertiary alicyclic amines) is 1. The molecule has 0 saturated carbocycles. The van der Waals surface area contributed by atoms with E-state index in [0.29, 0.717) is 12.4 Å². The number of rotatable bonds is 3. The molecule has 114 valence electrons.